The first-order chi connectivity index (χ1) is 11.3. The van der Waals surface area contributed by atoms with E-state index in [0.717, 1.165) is 5.56 Å². The maximum atomic E-state index is 13.0. The van der Waals surface area contributed by atoms with Gasteiger partial charge in [-0.1, -0.05) is 31.5 Å². The zero-order valence-corrected chi connectivity index (χ0v) is 15.0. The molecule has 130 valence electrons. The average molecular weight is 349 g/mol. The van der Waals surface area contributed by atoms with E-state index in [1.165, 1.54) is 6.26 Å². The molecule has 0 spiro atoms. The van der Waals surface area contributed by atoms with Gasteiger partial charge < -0.3 is 9.73 Å². The number of furan rings is 1. The molecule has 1 aromatic carbocycles. The quantitative estimate of drug-likeness (QED) is 0.832. The average Bonchev–Trinajstić information content (AvgIpc) is 3.01. The zero-order chi connectivity index (χ0) is 17.7. The largest absolute Gasteiger partial charge is 0.468 e. The molecule has 1 amide bonds. The highest BCUT2D eigenvalue weighted by molar-refractivity contribution is 7.91. The van der Waals surface area contributed by atoms with Gasteiger partial charge in [0.05, 0.1) is 11.2 Å². The van der Waals surface area contributed by atoms with Crippen LogP contribution in [-0.4, -0.2) is 20.9 Å². The second-order valence-corrected chi connectivity index (χ2v) is 8.39. The van der Waals surface area contributed by atoms with Crippen molar-refractivity contribution in [3.63, 3.8) is 0 Å². The van der Waals surface area contributed by atoms with Gasteiger partial charge in [0.1, 0.15) is 11.0 Å². The van der Waals surface area contributed by atoms with Crippen LogP contribution in [0.5, 0.6) is 0 Å². The molecule has 0 bridgehead atoms. The van der Waals surface area contributed by atoms with E-state index < -0.39 is 15.1 Å². The Kier molecular flexibility index (Phi) is 5.83. The Morgan fingerprint density at radius 1 is 1.17 bits per heavy atom. The Bertz CT molecular complexity index is 762. The molecular formula is C18H23NO4S. The molecule has 1 N–H and O–H groups in total. The number of benzene rings is 1. The Morgan fingerprint density at radius 2 is 1.83 bits per heavy atom. The van der Waals surface area contributed by atoms with E-state index in [2.05, 4.69) is 5.32 Å². The molecule has 0 fully saturated rings. The van der Waals surface area contributed by atoms with Gasteiger partial charge in [-0.05, 0) is 37.1 Å². The standard InChI is InChI=1S/C18H23NO4S/c1-13(2)11-18(20)19-12-17(16-5-4-10-23-16)24(21,22)15-8-6-14(3)7-9-15/h4-10,13,17H,11-12H2,1-3H3,(H,19,20)/t17-/m0/s1. The third-order valence-electron chi connectivity index (χ3n) is 3.66. The Balaban J connectivity index is 2.26. The van der Waals surface area contributed by atoms with Gasteiger partial charge in [0, 0.05) is 13.0 Å². The van der Waals surface area contributed by atoms with Crippen molar-refractivity contribution >= 4 is 15.7 Å². The molecule has 5 nitrogen and oxygen atoms in total. The van der Waals surface area contributed by atoms with Crippen LogP contribution in [0.15, 0.2) is 52.0 Å². The van der Waals surface area contributed by atoms with Gasteiger partial charge in [0.25, 0.3) is 0 Å². The van der Waals surface area contributed by atoms with E-state index in [0.29, 0.717) is 12.2 Å². The highest BCUT2D eigenvalue weighted by atomic mass is 32.2. The molecule has 0 unspecified atom stereocenters. The maximum Gasteiger partial charge on any atom is 0.220 e. The van der Waals surface area contributed by atoms with Crippen molar-refractivity contribution in [2.45, 2.75) is 37.3 Å². The second kappa shape index (κ2) is 7.66. The molecule has 1 atom stereocenters. The summed E-state index contributed by atoms with van der Waals surface area (Å²) in [5, 5.41) is 1.76. The summed E-state index contributed by atoms with van der Waals surface area (Å²) in [6, 6.07) is 9.92. The van der Waals surface area contributed by atoms with Crippen molar-refractivity contribution in [2.75, 3.05) is 6.54 Å². The van der Waals surface area contributed by atoms with Crippen LogP contribution in [0.2, 0.25) is 0 Å². The summed E-state index contributed by atoms with van der Waals surface area (Å²) in [7, 11) is -3.67. The number of rotatable bonds is 7. The molecule has 24 heavy (non-hydrogen) atoms. The van der Waals surface area contributed by atoms with Crippen molar-refractivity contribution < 1.29 is 17.6 Å². The Morgan fingerprint density at radius 3 is 2.38 bits per heavy atom. The van der Waals surface area contributed by atoms with Gasteiger partial charge in [0.2, 0.25) is 5.91 Å². The van der Waals surface area contributed by atoms with Crippen molar-refractivity contribution in [1.29, 1.82) is 0 Å². The third kappa shape index (κ3) is 4.47. The summed E-state index contributed by atoms with van der Waals surface area (Å²) in [6.45, 7) is 5.75. The topological polar surface area (TPSA) is 76.4 Å². The van der Waals surface area contributed by atoms with Gasteiger partial charge in [-0.25, -0.2) is 8.42 Å². The van der Waals surface area contributed by atoms with Crippen molar-refractivity contribution in [3.8, 4) is 0 Å². The van der Waals surface area contributed by atoms with Crippen molar-refractivity contribution in [3.05, 3.63) is 54.0 Å². The fourth-order valence-electron chi connectivity index (χ4n) is 2.38. The first kappa shape index (κ1) is 18.3. The van der Waals surface area contributed by atoms with E-state index in [4.69, 9.17) is 4.42 Å². The molecular weight excluding hydrogens is 326 g/mol. The predicted octanol–water partition coefficient (Wildman–Crippen LogP) is 3.27. The van der Waals surface area contributed by atoms with Crippen LogP contribution in [0.3, 0.4) is 0 Å². The van der Waals surface area contributed by atoms with E-state index in [1.54, 1.807) is 36.4 Å². The summed E-state index contributed by atoms with van der Waals surface area (Å²) in [6.07, 6.45) is 1.79. The number of aryl methyl sites for hydroxylation is 1. The van der Waals surface area contributed by atoms with Crippen LogP contribution >= 0.6 is 0 Å². The van der Waals surface area contributed by atoms with Gasteiger partial charge in [-0.3, -0.25) is 4.79 Å². The Labute approximate surface area is 143 Å². The number of carbonyl (C=O) groups is 1. The first-order valence-corrected chi connectivity index (χ1v) is 9.46. The molecule has 1 aromatic heterocycles. The van der Waals surface area contributed by atoms with Gasteiger partial charge in [0.15, 0.2) is 9.84 Å². The molecule has 2 rings (SSSR count). The lowest BCUT2D eigenvalue weighted by Crippen LogP contribution is -2.32. The van der Waals surface area contributed by atoms with Crippen molar-refractivity contribution in [2.24, 2.45) is 5.92 Å². The second-order valence-electron chi connectivity index (χ2n) is 6.26. The molecule has 0 saturated heterocycles. The molecule has 1 heterocycles. The summed E-state index contributed by atoms with van der Waals surface area (Å²) in [4.78, 5) is 12.1. The minimum absolute atomic E-state index is 0.0186. The minimum Gasteiger partial charge on any atom is -0.468 e. The van der Waals surface area contributed by atoms with Crippen molar-refractivity contribution in [1.82, 2.24) is 5.32 Å². The number of nitrogens with one attached hydrogen (secondary N) is 1. The summed E-state index contributed by atoms with van der Waals surface area (Å²) < 4.78 is 31.2. The maximum absolute atomic E-state index is 13.0. The van der Waals surface area contributed by atoms with Crippen LogP contribution in [-0.2, 0) is 14.6 Å². The summed E-state index contributed by atoms with van der Waals surface area (Å²) in [5.74, 6) is 0.363. The lowest BCUT2D eigenvalue weighted by Gasteiger charge is -2.17. The minimum atomic E-state index is -3.67. The van der Waals surface area contributed by atoms with Gasteiger partial charge in [-0.2, -0.15) is 0 Å². The van der Waals surface area contributed by atoms with Gasteiger partial charge in [-0.15, -0.1) is 0 Å². The monoisotopic (exact) mass is 349 g/mol. The zero-order valence-electron chi connectivity index (χ0n) is 14.2. The van der Waals surface area contributed by atoms with Crippen LogP contribution < -0.4 is 5.32 Å². The molecule has 0 radical (unpaired) electrons. The highest BCUT2D eigenvalue weighted by Gasteiger charge is 2.31. The van der Waals surface area contributed by atoms with Crippen LogP contribution in [0.25, 0.3) is 0 Å². The summed E-state index contributed by atoms with van der Waals surface area (Å²) in [5.41, 5.74) is 0.980. The predicted molar refractivity (Wildman–Crippen MR) is 92.3 cm³/mol. The van der Waals surface area contributed by atoms with Crippen LogP contribution in [0.4, 0.5) is 0 Å². The number of sulfone groups is 1. The molecule has 0 saturated carbocycles. The molecule has 0 aliphatic heterocycles. The Hall–Kier alpha value is -2.08. The third-order valence-corrected chi connectivity index (χ3v) is 5.74. The number of hydrogen-bond donors (Lipinski definition) is 1. The number of hydrogen-bond acceptors (Lipinski definition) is 4. The fraction of sp³-hybridized carbons (Fsp3) is 0.389. The molecule has 0 aliphatic carbocycles. The number of amides is 1. The summed E-state index contributed by atoms with van der Waals surface area (Å²) >= 11 is 0. The lowest BCUT2D eigenvalue weighted by molar-refractivity contribution is -0.121. The van der Waals surface area contributed by atoms with E-state index >= 15 is 0 Å². The lowest BCUT2D eigenvalue weighted by atomic mass is 10.1. The normalized spacial score (nSPS) is 13.0. The van der Waals surface area contributed by atoms with Gasteiger partial charge >= 0.3 is 0 Å². The molecule has 6 heteroatoms. The van der Waals surface area contributed by atoms with E-state index in [9.17, 15) is 13.2 Å². The smallest absolute Gasteiger partial charge is 0.220 e. The first-order valence-electron chi connectivity index (χ1n) is 7.91. The number of carbonyl (C=O) groups excluding carboxylic acids is 1. The molecule has 0 aliphatic rings. The van der Waals surface area contributed by atoms with Crippen LogP contribution in [0, 0.1) is 12.8 Å². The van der Waals surface area contributed by atoms with Crippen LogP contribution in [0.1, 0.15) is 36.8 Å². The van der Waals surface area contributed by atoms with E-state index in [1.807, 2.05) is 20.8 Å². The molecule has 2 aromatic rings. The van der Waals surface area contributed by atoms with E-state index in [-0.39, 0.29) is 23.3 Å². The SMILES string of the molecule is Cc1ccc(S(=O)(=O)[C@@H](CNC(=O)CC(C)C)c2ccco2)cc1. The fourth-order valence-corrected chi connectivity index (χ4v) is 3.97. The highest BCUT2D eigenvalue weighted by Crippen LogP contribution is 2.29.